The standard InChI is InChI=1S/C26H34BN3O4/c1-18(31)24-6-2-5-20-16-21(27(33)34-26(20)24)17-23(32)15-19-8-10-22(11-9-19)28-12-3-7-25-29-13-4-14-30-25/h2,4-6,13-14,19,21-22,28,33H,3,7-12,15-17H2,1H3/t19?,21-,22?/m1/s1. The Morgan fingerprint density at radius 1 is 1.12 bits per heavy atom. The maximum atomic E-state index is 12.8. The van der Waals surface area contributed by atoms with Gasteiger partial charge in [-0.3, -0.25) is 9.59 Å². The number of para-hydroxylation sites is 1. The van der Waals surface area contributed by atoms with E-state index in [1.807, 2.05) is 18.2 Å². The summed E-state index contributed by atoms with van der Waals surface area (Å²) in [5, 5.41) is 14.1. The van der Waals surface area contributed by atoms with Crippen LogP contribution in [0.4, 0.5) is 0 Å². The molecule has 2 N–H and O–H groups in total. The third kappa shape index (κ3) is 6.51. The first-order valence-corrected chi connectivity index (χ1v) is 12.5. The fourth-order valence-electron chi connectivity index (χ4n) is 5.22. The molecule has 1 aliphatic heterocycles. The minimum Gasteiger partial charge on any atom is -0.535 e. The summed E-state index contributed by atoms with van der Waals surface area (Å²) in [6.45, 7) is 2.45. The molecule has 2 heterocycles. The fourth-order valence-corrected chi connectivity index (χ4v) is 5.22. The fraction of sp³-hybridized carbons (Fsp3) is 0.538. The zero-order chi connectivity index (χ0) is 23.9. The lowest BCUT2D eigenvalue weighted by molar-refractivity contribution is -0.120. The van der Waals surface area contributed by atoms with Crippen LogP contribution in [-0.4, -0.2) is 46.3 Å². The lowest BCUT2D eigenvalue weighted by atomic mass is 9.64. The monoisotopic (exact) mass is 463 g/mol. The van der Waals surface area contributed by atoms with Crippen LogP contribution in [0.1, 0.15) is 73.6 Å². The van der Waals surface area contributed by atoms with E-state index in [0.717, 1.165) is 56.5 Å². The molecule has 1 atom stereocenters. The highest BCUT2D eigenvalue weighted by atomic mass is 16.5. The largest absolute Gasteiger partial charge is 0.535 e. The zero-order valence-corrected chi connectivity index (χ0v) is 19.9. The van der Waals surface area contributed by atoms with Crippen molar-refractivity contribution in [1.82, 2.24) is 15.3 Å². The Bertz CT molecular complexity index is 979. The lowest BCUT2D eigenvalue weighted by Gasteiger charge is -2.30. The summed E-state index contributed by atoms with van der Waals surface area (Å²) < 4.78 is 5.68. The number of aryl methyl sites for hydroxylation is 1. The molecule has 1 aromatic carbocycles. The molecule has 34 heavy (non-hydrogen) atoms. The minimum atomic E-state index is -1.06. The number of nitrogens with one attached hydrogen (secondary N) is 1. The van der Waals surface area contributed by atoms with Gasteiger partial charge in [0.25, 0.3) is 0 Å². The molecule has 1 aliphatic carbocycles. The second-order valence-corrected chi connectivity index (χ2v) is 9.71. The first-order valence-electron chi connectivity index (χ1n) is 12.5. The smallest absolute Gasteiger partial charge is 0.526 e. The summed E-state index contributed by atoms with van der Waals surface area (Å²) in [5.74, 6) is 1.61. The van der Waals surface area contributed by atoms with Crippen LogP contribution < -0.4 is 9.97 Å². The Kier molecular flexibility index (Phi) is 8.46. The van der Waals surface area contributed by atoms with Gasteiger partial charge < -0.3 is 15.0 Å². The van der Waals surface area contributed by atoms with Gasteiger partial charge in [0.1, 0.15) is 17.4 Å². The maximum Gasteiger partial charge on any atom is 0.526 e. The van der Waals surface area contributed by atoms with Crippen molar-refractivity contribution in [1.29, 1.82) is 0 Å². The topological polar surface area (TPSA) is 101 Å². The molecule has 1 saturated carbocycles. The lowest BCUT2D eigenvalue weighted by Crippen LogP contribution is -2.36. The van der Waals surface area contributed by atoms with Crippen LogP contribution in [0.25, 0.3) is 0 Å². The molecule has 7 nitrogen and oxygen atoms in total. The molecule has 1 fully saturated rings. The Labute approximate surface area is 201 Å². The third-order valence-electron chi connectivity index (χ3n) is 7.08. The Morgan fingerprint density at radius 3 is 2.62 bits per heavy atom. The van der Waals surface area contributed by atoms with Crippen molar-refractivity contribution in [3.63, 3.8) is 0 Å². The number of aromatic nitrogens is 2. The van der Waals surface area contributed by atoms with Crippen LogP contribution in [0.5, 0.6) is 5.75 Å². The SMILES string of the molecule is CC(=O)c1cccc2c1OB(O)[C@@H](CC(=O)CC1CCC(NCCCc3ncccn3)CC1)C2. The number of ketones is 2. The first kappa shape index (κ1) is 24.5. The van der Waals surface area contributed by atoms with Gasteiger partial charge in [-0.1, -0.05) is 12.1 Å². The Balaban J connectivity index is 1.17. The van der Waals surface area contributed by atoms with Crippen molar-refractivity contribution >= 4 is 18.7 Å². The van der Waals surface area contributed by atoms with Crippen LogP contribution in [0, 0.1) is 5.92 Å². The second kappa shape index (κ2) is 11.7. The van der Waals surface area contributed by atoms with Gasteiger partial charge in [0.15, 0.2) is 5.78 Å². The van der Waals surface area contributed by atoms with Crippen molar-refractivity contribution in [2.45, 2.75) is 76.6 Å². The predicted molar refractivity (Wildman–Crippen MR) is 131 cm³/mol. The van der Waals surface area contributed by atoms with Gasteiger partial charge >= 0.3 is 7.12 Å². The van der Waals surface area contributed by atoms with Gasteiger partial charge in [-0.2, -0.15) is 0 Å². The summed E-state index contributed by atoms with van der Waals surface area (Å²) >= 11 is 0. The van der Waals surface area contributed by atoms with Gasteiger partial charge in [0, 0.05) is 43.5 Å². The van der Waals surface area contributed by atoms with E-state index >= 15 is 0 Å². The predicted octanol–water partition coefficient (Wildman–Crippen LogP) is 3.60. The summed E-state index contributed by atoms with van der Waals surface area (Å²) in [4.78, 5) is 33.1. The second-order valence-electron chi connectivity index (χ2n) is 9.71. The van der Waals surface area contributed by atoms with E-state index in [-0.39, 0.29) is 17.4 Å². The quantitative estimate of drug-likeness (QED) is 0.315. The average Bonchev–Trinajstić information content (AvgIpc) is 2.83. The van der Waals surface area contributed by atoms with Crippen molar-refractivity contribution in [2.24, 2.45) is 5.92 Å². The van der Waals surface area contributed by atoms with Gasteiger partial charge in [0.2, 0.25) is 0 Å². The van der Waals surface area contributed by atoms with Crippen molar-refractivity contribution in [3.05, 3.63) is 53.6 Å². The number of hydrogen-bond donors (Lipinski definition) is 2. The highest BCUT2D eigenvalue weighted by molar-refractivity contribution is 6.47. The highest BCUT2D eigenvalue weighted by Gasteiger charge is 2.37. The number of Topliss-reactive ketones (excluding diaryl/α,β-unsaturated/α-hetero) is 2. The third-order valence-corrected chi connectivity index (χ3v) is 7.08. The van der Waals surface area contributed by atoms with E-state index < -0.39 is 7.12 Å². The highest BCUT2D eigenvalue weighted by Crippen LogP contribution is 2.37. The van der Waals surface area contributed by atoms with Crippen LogP contribution in [0.15, 0.2) is 36.7 Å². The maximum absolute atomic E-state index is 12.8. The average molecular weight is 463 g/mol. The number of carbonyl (C=O) groups is 2. The molecule has 8 heteroatoms. The van der Waals surface area contributed by atoms with Crippen molar-refractivity contribution in [2.75, 3.05) is 6.54 Å². The van der Waals surface area contributed by atoms with Gasteiger partial charge in [-0.15, -0.1) is 0 Å². The van der Waals surface area contributed by atoms with Crippen LogP contribution >= 0.6 is 0 Å². The zero-order valence-electron chi connectivity index (χ0n) is 19.9. The number of hydrogen-bond acceptors (Lipinski definition) is 7. The van der Waals surface area contributed by atoms with E-state index in [2.05, 4.69) is 15.3 Å². The van der Waals surface area contributed by atoms with E-state index in [9.17, 15) is 14.6 Å². The summed E-state index contributed by atoms with van der Waals surface area (Å²) in [7, 11) is -1.06. The number of nitrogens with zero attached hydrogens (tertiary/aromatic N) is 2. The molecule has 0 amide bonds. The number of rotatable bonds is 10. The van der Waals surface area contributed by atoms with Gasteiger partial charge in [-0.05, 0) is 75.6 Å². The van der Waals surface area contributed by atoms with E-state index in [0.29, 0.717) is 42.5 Å². The molecule has 0 saturated heterocycles. The van der Waals surface area contributed by atoms with E-state index in [4.69, 9.17) is 4.65 Å². The van der Waals surface area contributed by atoms with Crippen LogP contribution in [0.2, 0.25) is 5.82 Å². The number of benzene rings is 1. The number of carbonyl (C=O) groups excluding carboxylic acids is 2. The summed E-state index contributed by atoms with van der Waals surface area (Å²) in [6.07, 6.45) is 11.2. The molecule has 1 aromatic heterocycles. The Hall–Kier alpha value is -2.58. The van der Waals surface area contributed by atoms with Gasteiger partial charge in [-0.25, -0.2) is 9.97 Å². The van der Waals surface area contributed by atoms with Gasteiger partial charge in [0.05, 0.1) is 5.56 Å². The molecular formula is C26H34BN3O4. The van der Waals surface area contributed by atoms with Crippen LogP contribution in [0.3, 0.4) is 0 Å². The van der Waals surface area contributed by atoms with E-state index in [1.165, 1.54) is 6.92 Å². The molecule has 0 spiro atoms. The van der Waals surface area contributed by atoms with Crippen LogP contribution in [-0.2, 0) is 17.6 Å². The molecule has 180 valence electrons. The van der Waals surface area contributed by atoms with Crippen molar-refractivity contribution < 1.29 is 19.3 Å². The molecule has 4 rings (SSSR count). The number of fused-ring (bicyclic) bond motifs is 1. The molecule has 0 bridgehead atoms. The normalized spacial score (nSPS) is 22.1. The molecule has 2 aliphatic rings. The molecular weight excluding hydrogens is 429 g/mol. The summed E-state index contributed by atoms with van der Waals surface area (Å²) in [5.41, 5.74) is 1.38. The molecule has 2 aromatic rings. The molecule has 0 radical (unpaired) electrons. The van der Waals surface area contributed by atoms with Crippen molar-refractivity contribution in [3.8, 4) is 5.75 Å². The minimum absolute atomic E-state index is 0.0890. The first-order chi connectivity index (χ1) is 16.5. The summed E-state index contributed by atoms with van der Waals surface area (Å²) in [6, 6.07) is 7.80. The Morgan fingerprint density at radius 2 is 1.88 bits per heavy atom. The van der Waals surface area contributed by atoms with E-state index in [1.54, 1.807) is 18.5 Å². The molecule has 0 unspecified atom stereocenters.